The maximum Gasteiger partial charge on any atom is 0.410 e. The molecule has 1 aliphatic heterocycles. The van der Waals surface area contributed by atoms with Gasteiger partial charge in [0.25, 0.3) is 5.91 Å². The van der Waals surface area contributed by atoms with Crippen molar-refractivity contribution in [2.45, 2.75) is 45.4 Å². The molecule has 0 unspecified atom stereocenters. The van der Waals surface area contributed by atoms with Crippen LogP contribution >= 0.6 is 0 Å². The Hall–Kier alpha value is -4.77. The van der Waals surface area contributed by atoms with Crippen molar-refractivity contribution in [2.24, 2.45) is 0 Å². The lowest BCUT2D eigenvalue weighted by Gasteiger charge is -2.41. The van der Waals surface area contributed by atoms with Gasteiger partial charge in [-0.3, -0.25) is 14.5 Å². The SMILES string of the molecule is COc1ccccc1COCCCOc1ccc(N2C(=O)CN(C(=O)OC(C)(C)C)C[C@H]2CNC(=O)c2ccccc2OC)cc1. The highest BCUT2D eigenvalue weighted by Gasteiger charge is 2.37. The first-order valence-electron chi connectivity index (χ1n) is 15.2. The molecule has 1 atom stereocenters. The average molecular weight is 634 g/mol. The predicted molar refractivity (Wildman–Crippen MR) is 174 cm³/mol. The van der Waals surface area contributed by atoms with Gasteiger partial charge in [0.1, 0.15) is 29.4 Å². The Bertz CT molecular complexity index is 1470. The molecule has 1 N–H and O–H groups in total. The molecule has 0 bridgehead atoms. The van der Waals surface area contributed by atoms with E-state index in [9.17, 15) is 14.4 Å². The van der Waals surface area contributed by atoms with Crippen LogP contribution in [-0.4, -0.2) is 81.5 Å². The summed E-state index contributed by atoms with van der Waals surface area (Å²) in [5.41, 5.74) is 1.26. The van der Waals surface area contributed by atoms with Crippen molar-refractivity contribution >= 4 is 23.6 Å². The molecule has 1 fully saturated rings. The number of hydrogen-bond donors (Lipinski definition) is 1. The largest absolute Gasteiger partial charge is 0.496 e. The van der Waals surface area contributed by atoms with Crippen LogP contribution in [0.3, 0.4) is 0 Å². The number of benzene rings is 3. The van der Waals surface area contributed by atoms with Gasteiger partial charge in [-0.05, 0) is 63.2 Å². The highest BCUT2D eigenvalue weighted by Crippen LogP contribution is 2.26. The number of amides is 3. The van der Waals surface area contributed by atoms with Gasteiger partial charge in [0.15, 0.2) is 0 Å². The smallest absolute Gasteiger partial charge is 0.410 e. The van der Waals surface area contributed by atoms with E-state index in [1.807, 2.05) is 24.3 Å². The number of carbonyl (C=O) groups is 3. The molecule has 1 saturated heterocycles. The van der Waals surface area contributed by atoms with Crippen LogP contribution in [0, 0.1) is 0 Å². The van der Waals surface area contributed by atoms with E-state index in [0.29, 0.717) is 49.0 Å². The van der Waals surface area contributed by atoms with Crippen molar-refractivity contribution in [1.29, 1.82) is 0 Å². The van der Waals surface area contributed by atoms with E-state index in [4.69, 9.17) is 23.7 Å². The third kappa shape index (κ3) is 9.37. The molecule has 3 aromatic carbocycles. The molecule has 0 aromatic heterocycles. The number of carbonyl (C=O) groups excluding carboxylic acids is 3. The van der Waals surface area contributed by atoms with Gasteiger partial charge in [-0.1, -0.05) is 30.3 Å². The molecule has 246 valence electrons. The summed E-state index contributed by atoms with van der Waals surface area (Å²) in [6, 6.07) is 21.3. The van der Waals surface area contributed by atoms with Crippen LogP contribution in [0.15, 0.2) is 72.8 Å². The molecule has 4 rings (SSSR count). The van der Waals surface area contributed by atoms with Gasteiger partial charge in [0.2, 0.25) is 5.91 Å². The van der Waals surface area contributed by atoms with E-state index in [-0.39, 0.29) is 31.4 Å². The van der Waals surface area contributed by atoms with E-state index >= 15 is 0 Å². The first kappa shape index (κ1) is 34.1. The number of ether oxygens (including phenoxy) is 5. The highest BCUT2D eigenvalue weighted by atomic mass is 16.6. The second-order valence-electron chi connectivity index (χ2n) is 11.7. The van der Waals surface area contributed by atoms with Gasteiger partial charge >= 0.3 is 6.09 Å². The third-order valence-corrected chi connectivity index (χ3v) is 7.16. The number of nitrogens with one attached hydrogen (secondary N) is 1. The van der Waals surface area contributed by atoms with Crippen molar-refractivity contribution in [3.8, 4) is 17.2 Å². The van der Waals surface area contributed by atoms with Gasteiger partial charge in [-0.2, -0.15) is 0 Å². The summed E-state index contributed by atoms with van der Waals surface area (Å²) in [4.78, 5) is 42.5. The number of anilines is 1. The lowest BCUT2D eigenvalue weighted by Crippen LogP contribution is -2.61. The number of piperazine rings is 1. The fraction of sp³-hybridized carbons (Fsp3) is 0.400. The Kier molecular flexibility index (Phi) is 11.9. The second kappa shape index (κ2) is 16.0. The van der Waals surface area contributed by atoms with Gasteiger partial charge < -0.3 is 33.9 Å². The summed E-state index contributed by atoms with van der Waals surface area (Å²) in [6.07, 6.45) is 0.105. The number of para-hydroxylation sites is 2. The molecule has 46 heavy (non-hydrogen) atoms. The van der Waals surface area contributed by atoms with E-state index in [0.717, 1.165) is 11.3 Å². The number of hydrogen-bond acceptors (Lipinski definition) is 8. The van der Waals surface area contributed by atoms with Crippen LogP contribution in [0.1, 0.15) is 43.1 Å². The minimum absolute atomic E-state index is 0.0923. The van der Waals surface area contributed by atoms with Gasteiger partial charge in [-0.15, -0.1) is 0 Å². The van der Waals surface area contributed by atoms with Crippen molar-refractivity contribution in [3.05, 3.63) is 83.9 Å². The normalized spacial score (nSPS) is 14.9. The maximum atomic E-state index is 13.5. The quantitative estimate of drug-likeness (QED) is 0.260. The van der Waals surface area contributed by atoms with Crippen molar-refractivity contribution in [1.82, 2.24) is 10.2 Å². The Morgan fingerprint density at radius 2 is 1.57 bits per heavy atom. The minimum Gasteiger partial charge on any atom is -0.496 e. The fourth-order valence-corrected chi connectivity index (χ4v) is 5.02. The van der Waals surface area contributed by atoms with Crippen molar-refractivity contribution in [2.75, 3.05) is 52.0 Å². The van der Waals surface area contributed by atoms with Crippen LogP contribution in [0.4, 0.5) is 10.5 Å². The molecule has 0 aliphatic carbocycles. The summed E-state index contributed by atoms with van der Waals surface area (Å²) in [7, 11) is 3.14. The Labute approximate surface area is 270 Å². The Morgan fingerprint density at radius 3 is 2.26 bits per heavy atom. The summed E-state index contributed by atoms with van der Waals surface area (Å²) < 4.78 is 27.9. The van der Waals surface area contributed by atoms with Gasteiger partial charge in [0.05, 0.1) is 45.6 Å². The molecule has 0 saturated carbocycles. The second-order valence-corrected chi connectivity index (χ2v) is 11.7. The van der Waals surface area contributed by atoms with Gasteiger partial charge in [-0.25, -0.2) is 4.79 Å². The molecule has 3 amide bonds. The van der Waals surface area contributed by atoms with E-state index in [1.54, 1.807) is 81.3 Å². The summed E-state index contributed by atoms with van der Waals surface area (Å²) in [5.74, 6) is 1.23. The number of methoxy groups -OCH3 is 2. The number of nitrogens with zero attached hydrogens (tertiary/aromatic N) is 2. The lowest BCUT2D eigenvalue weighted by molar-refractivity contribution is -0.122. The van der Waals surface area contributed by atoms with Crippen LogP contribution < -0.4 is 24.4 Å². The standard InChI is InChI=1S/C35H43N3O8/c1-35(2,3)46-34(41)37-22-27(21-36-33(40)29-12-7-9-14-31(29)43-5)38(32(39)23-37)26-15-17-28(18-16-26)45-20-10-19-44-24-25-11-6-8-13-30(25)42-4/h6-9,11-18,27H,10,19-24H2,1-5H3,(H,36,40)/t27-/m1/s1. The zero-order valence-electron chi connectivity index (χ0n) is 27.1. The number of rotatable bonds is 13. The maximum absolute atomic E-state index is 13.5. The molecular weight excluding hydrogens is 590 g/mol. The highest BCUT2D eigenvalue weighted by molar-refractivity contribution is 5.99. The van der Waals surface area contributed by atoms with Gasteiger partial charge in [0, 0.05) is 30.8 Å². The molecular formula is C35H43N3O8. The molecule has 3 aromatic rings. The zero-order valence-corrected chi connectivity index (χ0v) is 27.1. The molecule has 1 aliphatic rings. The van der Waals surface area contributed by atoms with E-state index in [2.05, 4.69) is 5.32 Å². The third-order valence-electron chi connectivity index (χ3n) is 7.16. The Balaban J connectivity index is 1.38. The predicted octanol–water partition coefficient (Wildman–Crippen LogP) is 5.07. The van der Waals surface area contributed by atoms with Crippen LogP contribution in [-0.2, 0) is 20.9 Å². The first-order chi connectivity index (χ1) is 22.1. The molecule has 0 radical (unpaired) electrons. The van der Waals surface area contributed by atoms with Crippen molar-refractivity contribution in [3.63, 3.8) is 0 Å². The minimum atomic E-state index is -0.720. The Morgan fingerprint density at radius 1 is 0.891 bits per heavy atom. The monoisotopic (exact) mass is 633 g/mol. The summed E-state index contributed by atoms with van der Waals surface area (Å²) in [5, 5.41) is 2.91. The molecule has 11 heteroatoms. The molecule has 0 spiro atoms. The first-order valence-corrected chi connectivity index (χ1v) is 15.2. The van der Waals surface area contributed by atoms with Crippen LogP contribution in [0.5, 0.6) is 17.2 Å². The van der Waals surface area contributed by atoms with Crippen molar-refractivity contribution < 1.29 is 38.1 Å². The van der Waals surface area contributed by atoms with Crippen LogP contribution in [0.25, 0.3) is 0 Å². The fourth-order valence-electron chi connectivity index (χ4n) is 5.02. The summed E-state index contributed by atoms with van der Waals surface area (Å²) >= 11 is 0. The average Bonchev–Trinajstić information content (AvgIpc) is 3.04. The summed E-state index contributed by atoms with van der Waals surface area (Å²) in [6.45, 7) is 6.85. The van der Waals surface area contributed by atoms with Crippen LogP contribution in [0.2, 0.25) is 0 Å². The van der Waals surface area contributed by atoms with E-state index < -0.39 is 17.7 Å². The topological polar surface area (TPSA) is 116 Å². The van der Waals surface area contributed by atoms with E-state index in [1.165, 1.54) is 12.0 Å². The zero-order chi connectivity index (χ0) is 33.1. The molecule has 1 heterocycles. The molecule has 11 nitrogen and oxygen atoms in total. The lowest BCUT2D eigenvalue weighted by atomic mass is 10.1.